The minimum Gasteiger partial charge on any atom is -0.478 e. The molecular formula is C20H25NO5. The number of rotatable bonds is 6. The Hall–Kier alpha value is -2.63. The maximum absolute atomic E-state index is 12.8. The molecule has 6 heteroatoms. The lowest BCUT2D eigenvalue weighted by molar-refractivity contribution is -0.141. The predicted molar refractivity (Wildman–Crippen MR) is 96.6 cm³/mol. The van der Waals surface area contributed by atoms with Crippen LogP contribution in [0.3, 0.4) is 0 Å². The largest absolute Gasteiger partial charge is 0.478 e. The Kier molecular flexibility index (Phi) is 6.55. The van der Waals surface area contributed by atoms with Gasteiger partial charge in [0.05, 0.1) is 19.6 Å². The van der Waals surface area contributed by atoms with E-state index in [1.807, 2.05) is 32.0 Å². The van der Waals surface area contributed by atoms with E-state index in [1.165, 1.54) is 7.11 Å². The second-order valence-corrected chi connectivity index (χ2v) is 6.64. The van der Waals surface area contributed by atoms with Crippen molar-refractivity contribution in [2.75, 3.05) is 7.11 Å². The summed E-state index contributed by atoms with van der Waals surface area (Å²) >= 11 is 0. The summed E-state index contributed by atoms with van der Waals surface area (Å²) < 4.78 is 4.76. The van der Waals surface area contributed by atoms with Crippen LogP contribution in [0.5, 0.6) is 0 Å². The lowest BCUT2D eigenvalue weighted by Gasteiger charge is -2.23. The number of aryl methyl sites for hydroxylation is 2. The first-order valence-electron chi connectivity index (χ1n) is 8.73. The molecule has 1 aromatic carbocycles. The number of hydrogen-bond acceptors (Lipinski definition) is 4. The van der Waals surface area contributed by atoms with E-state index < -0.39 is 23.9 Å². The third-order valence-electron chi connectivity index (χ3n) is 4.71. The molecule has 2 rings (SSSR count). The van der Waals surface area contributed by atoms with Crippen molar-refractivity contribution < 1.29 is 24.2 Å². The Morgan fingerprint density at radius 3 is 2.42 bits per heavy atom. The van der Waals surface area contributed by atoms with Crippen LogP contribution in [0.2, 0.25) is 0 Å². The van der Waals surface area contributed by atoms with Gasteiger partial charge in [0.1, 0.15) is 0 Å². The third kappa shape index (κ3) is 4.71. The molecule has 0 saturated carbocycles. The summed E-state index contributed by atoms with van der Waals surface area (Å²) in [6.45, 7) is 3.85. The quantitative estimate of drug-likeness (QED) is 0.762. The molecule has 26 heavy (non-hydrogen) atoms. The number of hydrogen-bond donors (Lipinski definition) is 2. The number of carbonyl (C=O) groups is 3. The molecule has 6 nitrogen and oxygen atoms in total. The number of methoxy groups -OCH3 is 1. The summed E-state index contributed by atoms with van der Waals surface area (Å²) in [4.78, 5) is 36.1. The van der Waals surface area contributed by atoms with Crippen molar-refractivity contribution in [1.29, 1.82) is 0 Å². The van der Waals surface area contributed by atoms with Crippen LogP contribution in [0.1, 0.15) is 54.8 Å². The fourth-order valence-electron chi connectivity index (χ4n) is 3.26. The van der Waals surface area contributed by atoms with Crippen molar-refractivity contribution in [3.05, 3.63) is 46.0 Å². The van der Waals surface area contributed by atoms with E-state index >= 15 is 0 Å². The molecule has 0 bridgehead atoms. The van der Waals surface area contributed by atoms with Crippen LogP contribution >= 0.6 is 0 Å². The van der Waals surface area contributed by atoms with Gasteiger partial charge < -0.3 is 15.2 Å². The average molecular weight is 359 g/mol. The maximum atomic E-state index is 12.8. The highest BCUT2D eigenvalue weighted by molar-refractivity contribution is 6.02. The predicted octanol–water partition coefficient (Wildman–Crippen LogP) is 2.98. The van der Waals surface area contributed by atoms with Crippen LogP contribution in [0, 0.1) is 13.8 Å². The van der Waals surface area contributed by atoms with Crippen molar-refractivity contribution in [1.82, 2.24) is 5.32 Å². The lowest BCUT2D eigenvalue weighted by Crippen LogP contribution is -2.33. The number of esters is 1. The molecular weight excluding hydrogens is 334 g/mol. The first-order valence-corrected chi connectivity index (χ1v) is 8.73. The molecule has 0 aliphatic heterocycles. The van der Waals surface area contributed by atoms with E-state index in [-0.39, 0.29) is 12.0 Å². The van der Waals surface area contributed by atoms with Gasteiger partial charge in [0, 0.05) is 11.1 Å². The van der Waals surface area contributed by atoms with Gasteiger partial charge in [0.15, 0.2) is 0 Å². The SMILES string of the molecule is COC(=O)C[C@H](NC(=O)C1=C(C(=O)O)CCCC1)c1cc(C)ccc1C. The Morgan fingerprint density at radius 1 is 1.15 bits per heavy atom. The number of amides is 1. The van der Waals surface area contributed by atoms with Crippen molar-refractivity contribution in [3.63, 3.8) is 0 Å². The number of benzene rings is 1. The minimum atomic E-state index is -1.05. The molecule has 1 atom stereocenters. The van der Waals surface area contributed by atoms with E-state index in [9.17, 15) is 19.5 Å². The summed E-state index contributed by atoms with van der Waals surface area (Å²) in [6.07, 6.45) is 2.36. The van der Waals surface area contributed by atoms with E-state index in [2.05, 4.69) is 5.32 Å². The normalized spacial score (nSPS) is 15.3. The second-order valence-electron chi connectivity index (χ2n) is 6.64. The summed E-state index contributed by atoms with van der Waals surface area (Å²) in [6, 6.07) is 5.25. The number of carboxylic acids is 1. The first-order chi connectivity index (χ1) is 12.3. The molecule has 0 aromatic heterocycles. The molecule has 1 aliphatic carbocycles. The molecule has 0 unspecified atom stereocenters. The number of aliphatic carboxylic acids is 1. The Balaban J connectivity index is 2.34. The Bertz CT molecular complexity index is 751. The van der Waals surface area contributed by atoms with Gasteiger partial charge in [0.2, 0.25) is 5.91 Å². The zero-order valence-electron chi connectivity index (χ0n) is 15.4. The lowest BCUT2D eigenvalue weighted by atomic mass is 9.90. The molecule has 0 heterocycles. The maximum Gasteiger partial charge on any atom is 0.332 e. The highest BCUT2D eigenvalue weighted by Crippen LogP contribution is 2.28. The number of carbonyl (C=O) groups excluding carboxylic acids is 2. The van der Waals surface area contributed by atoms with Gasteiger partial charge in [-0.2, -0.15) is 0 Å². The molecule has 1 aliphatic rings. The smallest absolute Gasteiger partial charge is 0.332 e. The fraction of sp³-hybridized carbons (Fsp3) is 0.450. The Morgan fingerprint density at radius 2 is 1.81 bits per heavy atom. The van der Waals surface area contributed by atoms with Gasteiger partial charge in [0.25, 0.3) is 0 Å². The zero-order valence-corrected chi connectivity index (χ0v) is 15.4. The molecule has 140 valence electrons. The minimum absolute atomic E-state index is 0.0117. The summed E-state index contributed by atoms with van der Waals surface area (Å²) in [5.74, 6) is -1.91. The number of nitrogens with one attached hydrogen (secondary N) is 1. The average Bonchev–Trinajstić information content (AvgIpc) is 2.62. The first kappa shape index (κ1) is 19.7. The van der Waals surface area contributed by atoms with Crippen LogP contribution in [0.15, 0.2) is 29.3 Å². The molecule has 0 radical (unpaired) electrons. The van der Waals surface area contributed by atoms with E-state index in [1.54, 1.807) is 0 Å². The van der Waals surface area contributed by atoms with E-state index in [4.69, 9.17) is 4.74 Å². The third-order valence-corrected chi connectivity index (χ3v) is 4.71. The van der Waals surface area contributed by atoms with Crippen molar-refractivity contribution in [2.24, 2.45) is 0 Å². The topological polar surface area (TPSA) is 92.7 Å². The highest BCUT2D eigenvalue weighted by Gasteiger charge is 2.27. The van der Waals surface area contributed by atoms with Gasteiger partial charge in [-0.1, -0.05) is 23.8 Å². The van der Waals surface area contributed by atoms with Crippen LogP contribution < -0.4 is 5.32 Å². The summed E-state index contributed by atoms with van der Waals surface area (Å²) in [7, 11) is 1.30. The summed E-state index contributed by atoms with van der Waals surface area (Å²) in [5.41, 5.74) is 3.27. The monoisotopic (exact) mass is 359 g/mol. The second kappa shape index (κ2) is 8.65. The molecule has 2 N–H and O–H groups in total. The van der Waals surface area contributed by atoms with Crippen molar-refractivity contribution in [2.45, 2.75) is 52.0 Å². The van der Waals surface area contributed by atoms with Crippen molar-refractivity contribution in [3.8, 4) is 0 Å². The molecule has 1 amide bonds. The van der Waals surface area contributed by atoms with Crippen LogP contribution in [-0.2, 0) is 19.1 Å². The van der Waals surface area contributed by atoms with Gasteiger partial charge in [-0.15, -0.1) is 0 Å². The van der Waals surface area contributed by atoms with Crippen LogP contribution in [-0.4, -0.2) is 30.1 Å². The molecule has 1 aromatic rings. The standard InChI is InChI=1S/C20H25NO5/c1-12-8-9-13(2)16(10-12)17(11-18(22)26-3)21-19(23)14-6-4-5-7-15(14)20(24)25/h8-10,17H,4-7,11H2,1-3H3,(H,21,23)(H,24,25)/t17-/m0/s1. The van der Waals surface area contributed by atoms with E-state index in [0.29, 0.717) is 18.4 Å². The summed E-state index contributed by atoms with van der Waals surface area (Å²) in [5, 5.41) is 12.2. The molecule has 0 spiro atoms. The zero-order chi connectivity index (χ0) is 19.3. The molecule has 0 saturated heterocycles. The van der Waals surface area contributed by atoms with Gasteiger partial charge in [-0.05, 0) is 50.7 Å². The van der Waals surface area contributed by atoms with Crippen molar-refractivity contribution >= 4 is 17.8 Å². The van der Waals surface area contributed by atoms with Crippen LogP contribution in [0.4, 0.5) is 0 Å². The van der Waals surface area contributed by atoms with Gasteiger partial charge in [-0.25, -0.2) is 4.79 Å². The number of ether oxygens (including phenoxy) is 1. The number of carboxylic acid groups (broad SMARTS) is 1. The van der Waals surface area contributed by atoms with E-state index in [0.717, 1.165) is 29.5 Å². The highest BCUT2D eigenvalue weighted by atomic mass is 16.5. The molecule has 0 fully saturated rings. The van der Waals surface area contributed by atoms with Gasteiger partial charge in [-0.3, -0.25) is 9.59 Å². The van der Waals surface area contributed by atoms with Crippen LogP contribution in [0.25, 0.3) is 0 Å². The Labute approximate surface area is 153 Å². The fourth-order valence-corrected chi connectivity index (χ4v) is 3.26. The van der Waals surface area contributed by atoms with Gasteiger partial charge >= 0.3 is 11.9 Å².